The zero-order valence-corrected chi connectivity index (χ0v) is 24.0. The van der Waals surface area contributed by atoms with Crippen LogP contribution in [0, 0.1) is 0 Å². The lowest BCUT2D eigenvalue weighted by atomic mass is 9.89. The van der Waals surface area contributed by atoms with Gasteiger partial charge in [-0.3, -0.25) is 24.0 Å². The standard InChI is InChI=1S/C29H31ClO11/c1-6-36-21-10-7-19(8-11-21)25(35)22-13-20(9-12-23(22)30)26-28(39-17(4)33)29(40-18(5)34)27(38-16(3)32)24(41-26)14-37-15(2)31/h7-13,24,26-29H,6,14H2,1-5H3/t24-,26+,27-,28+,29-/m1/s1. The van der Waals surface area contributed by atoms with Gasteiger partial charge in [0.1, 0.15) is 24.6 Å². The van der Waals surface area contributed by atoms with E-state index in [1.807, 2.05) is 6.92 Å². The van der Waals surface area contributed by atoms with Crippen LogP contribution in [0.1, 0.15) is 62.2 Å². The molecule has 1 aliphatic rings. The second-order valence-electron chi connectivity index (χ2n) is 9.15. The molecule has 220 valence electrons. The first-order valence-corrected chi connectivity index (χ1v) is 13.2. The number of rotatable bonds is 10. The summed E-state index contributed by atoms with van der Waals surface area (Å²) in [6.45, 7) is 6.55. The molecule has 2 aromatic carbocycles. The summed E-state index contributed by atoms with van der Waals surface area (Å²) < 4.78 is 33.2. The van der Waals surface area contributed by atoms with Gasteiger partial charge in [-0.15, -0.1) is 0 Å². The van der Waals surface area contributed by atoms with Gasteiger partial charge in [-0.2, -0.15) is 0 Å². The second kappa shape index (κ2) is 14.1. The molecule has 0 spiro atoms. The molecule has 1 aliphatic heterocycles. The monoisotopic (exact) mass is 590 g/mol. The summed E-state index contributed by atoms with van der Waals surface area (Å²) in [5.41, 5.74) is 0.802. The van der Waals surface area contributed by atoms with E-state index in [9.17, 15) is 24.0 Å². The maximum atomic E-state index is 13.4. The van der Waals surface area contributed by atoms with Gasteiger partial charge in [0.15, 0.2) is 24.1 Å². The highest BCUT2D eigenvalue weighted by molar-refractivity contribution is 6.35. The smallest absolute Gasteiger partial charge is 0.303 e. The van der Waals surface area contributed by atoms with Gasteiger partial charge in [0, 0.05) is 38.8 Å². The van der Waals surface area contributed by atoms with Crippen molar-refractivity contribution in [3.8, 4) is 5.75 Å². The maximum absolute atomic E-state index is 13.4. The molecule has 3 rings (SSSR count). The predicted octanol–water partition coefficient (Wildman–Crippen LogP) is 3.77. The third kappa shape index (κ3) is 8.27. The van der Waals surface area contributed by atoms with Crippen LogP contribution in [0.3, 0.4) is 0 Å². The highest BCUT2D eigenvalue weighted by Crippen LogP contribution is 2.39. The molecule has 0 saturated carbocycles. The van der Waals surface area contributed by atoms with Crippen LogP contribution in [0.25, 0.3) is 0 Å². The van der Waals surface area contributed by atoms with Gasteiger partial charge >= 0.3 is 23.9 Å². The van der Waals surface area contributed by atoms with Crippen molar-refractivity contribution in [3.05, 3.63) is 64.2 Å². The second-order valence-corrected chi connectivity index (χ2v) is 9.55. The largest absolute Gasteiger partial charge is 0.494 e. The van der Waals surface area contributed by atoms with E-state index in [1.54, 1.807) is 30.3 Å². The molecule has 0 aromatic heterocycles. The van der Waals surface area contributed by atoms with Crippen LogP contribution in [-0.2, 0) is 42.9 Å². The predicted molar refractivity (Wildman–Crippen MR) is 143 cm³/mol. The Morgan fingerprint density at radius 3 is 1.93 bits per heavy atom. The molecule has 5 atom stereocenters. The average Bonchev–Trinajstić information content (AvgIpc) is 2.90. The molecule has 0 bridgehead atoms. The Hall–Kier alpha value is -3.96. The Morgan fingerprint density at radius 2 is 1.37 bits per heavy atom. The molecule has 0 amide bonds. The Morgan fingerprint density at radius 1 is 0.780 bits per heavy atom. The highest BCUT2D eigenvalue weighted by atomic mass is 35.5. The lowest BCUT2D eigenvalue weighted by molar-refractivity contribution is -0.254. The summed E-state index contributed by atoms with van der Waals surface area (Å²) >= 11 is 6.42. The zero-order chi connectivity index (χ0) is 30.3. The lowest BCUT2D eigenvalue weighted by Gasteiger charge is -2.44. The number of esters is 4. The van der Waals surface area contributed by atoms with E-state index in [2.05, 4.69) is 0 Å². The molecule has 0 N–H and O–H groups in total. The fraction of sp³-hybridized carbons (Fsp3) is 0.414. The first-order chi connectivity index (χ1) is 19.4. The molecular formula is C29H31ClO11. The molecule has 2 aromatic rings. The Balaban J connectivity index is 2.08. The molecule has 1 saturated heterocycles. The number of carbonyl (C=O) groups excluding carboxylic acids is 5. The summed E-state index contributed by atoms with van der Waals surface area (Å²) in [7, 11) is 0. The van der Waals surface area contributed by atoms with Crippen LogP contribution >= 0.6 is 11.6 Å². The van der Waals surface area contributed by atoms with E-state index in [4.69, 9.17) is 40.0 Å². The van der Waals surface area contributed by atoms with Gasteiger partial charge in [0.2, 0.25) is 0 Å². The molecule has 11 nitrogen and oxygen atoms in total. The Kier molecular flexibility index (Phi) is 10.8. The molecule has 0 radical (unpaired) electrons. The Bertz CT molecular complexity index is 1290. The van der Waals surface area contributed by atoms with E-state index in [-0.39, 0.29) is 17.2 Å². The van der Waals surface area contributed by atoms with Crippen molar-refractivity contribution >= 4 is 41.3 Å². The van der Waals surface area contributed by atoms with Crippen molar-refractivity contribution in [2.75, 3.05) is 13.2 Å². The van der Waals surface area contributed by atoms with E-state index >= 15 is 0 Å². The van der Waals surface area contributed by atoms with Crippen molar-refractivity contribution in [1.29, 1.82) is 0 Å². The minimum atomic E-state index is -1.35. The minimum Gasteiger partial charge on any atom is -0.494 e. The van der Waals surface area contributed by atoms with Gasteiger partial charge in [0.25, 0.3) is 0 Å². The van der Waals surface area contributed by atoms with Crippen molar-refractivity contribution in [2.24, 2.45) is 0 Å². The fourth-order valence-corrected chi connectivity index (χ4v) is 4.62. The van der Waals surface area contributed by atoms with Crippen LogP contribution in [0.2, 0.25) is 5.02 Å². The number of ether oxygens (including phenoxy) is 6. The average molecular weight is 591 g/mol. The van der Waals surface area contributed by atoms with Gasteiger partial charge in [0.05, 0.1) is 11.6 Å². The van der Waals surface area contributed by atoms with Gasteiger partial charge in [-0.1, -0.05) is 17.7 Å². The minimum absolute atomic E-state index is 0.126. The first-order valence-electron chi connectivity index (χ1n) is 12.8. The number of carbonyl (C=O) groups is 5. The lowest BCUT2D eigenvalue weighted by Crippen LogP contribution is -2.59. The molecule has 12 heteroatoms. The zero-order valence-electron chi connectivity index (χ0n) is 23.2. The van der Waals surface area contributed by atoms with Crippen LogP contribution < -0.4 is 4.74 Å². The summed E-state index contributed by atoms with van der Waals surface area (Å²) in [5, 5.41) is 0.151. The summed E-state index contributed by atoms with van der Waals surface area (Å²) in [6, 6.07) is 11.0. The normalized spacial score (nSPS) is 21.8. The molecule has 1 heterocycles. The molecule has 41 heavy (non-hydrogen) atoms. The van der Waals surface area contributed by atoms with Crippen LogP contribution in [-0.4, -0.2) is 67.3 Å². The van der Waals surface area contributed by atoms with E-state index < -0.39 is 60.2 Å². The van der Waals surface area contributed by atoms with Crippen molar-refractivity contribution in [2.45, 2.75) is 65.1 Å². The van der Waals surface area contributed by atoms with Crippen LogP contribution in [0.5, 0.6) is 5.75 Å². The number of halogens is 1. The number of ketones is 1. The van der Waals surface area contributed by atoms with E-state index in [0.717, 1.165) is 20.8 Å². The van der Waals surface area contributed by atoms with Crippen molar-refractivity contribution < 1.29 is 52.4 Å². The van der Waals surface area contributed by atoms with Crippen LogP contribution in [0.4, 0.5) is 0 Å². The molecule has 0 aliphatic carbocycles. The van der Waals surface area contributed by atoms with Gasteiger partial charge < -0.3 is 28.4 Å². The van der Waals surface area contributed by atoms with E-state index in [0.29, 0.717) is 23.5 Å². The fourth-order valence-electron chi connectivity index (χ4n) is 4.42. The number of hydrogen-bond acceptors (Lipinski definition) is 11. The topological polar surface area (TPSA) is 141 Å². The van der Waals surface area contributed by atoms with E-state index in [1.165, 1.54) is 19.1 Å². The maximum Gasteiger partial charge on any atom is 0.303 e. The summed E-state index contributed by atoms with van der Waals surface area (Å²) in [4.78, 5) is 61.2. The highest BCUT2D eigenvalue weighted by Gasteiger charge is 2.52. The first kappa shape index (κ1) is 31.6. The summed E-state index contributed by atoms with van der Waals surface area (Å²) in [5.74, 6) is -2.66. The third-order valence-corrected chi connectivity index (χ3v) is 6.31. The van der Waals surface area contributed by atoms with Crippen molar-refractivity contribution in [3.63, 3.8) is 0 Å². The molecular weight excluding hydrogens is 560 g/mol. The SMILES string of the molecule is CCOc1ccc(C(=O)c2cc([C@@H]3O[C@H](COC(C)=O)[C@@H](OC(C)=O)[C@@H](OC(C)=O)[C@H]3OC(C)=O)ccc2Cl)cc1. The molecule has 0 unspecified atom stereocenters. The van der Waals surface area contributed by atoms with Crippen molar-refractivity contribution in [1.82, 2.24) is 0 Å². The summed E-state index contributed by atoms with van der Waals surface area (Å²) in [6.07, 6.45) is -6.25. The quantitative estimate of drug-likeness (QED) is 0.227. The van der Waals surface area contributed by atoms with Crippen LogP contribution in [0.15, 0.2) is 42.5 Å². The number of hydrogen-bond donors (Lipinski definition) is 0. The Labute approximate surface area is 241 Å². The number of benzene rings is 2. The van der Waals surface area contributed by atoms with Gasteiger partial charge in [-0.05, 0) is 48.9 Å². The van der Waals surface area contributed by atoms with Gasteiger partial charge in [-0.25, -0.2) is 0 Å². The third-order valence-electron chi connectivity index (χ3n) is 5.98. The molecule has 1 fully saturated rings.